The molecule has 0 N–H and O–H groups in total. The molecule has 23 heavy (non-hydrogen) atoms. The number of rotatable bonds is 5. The van der Waals surface area contributed by atoms with Crippen molar-refractivity contribution < 1.29 is 9.76 Å². The summed E-state index contributed by atoms with van der Waals surface area (Å²) in [7, 11) is 3.89. The van der Waals surface area contributed by atoms with E-state index in [9.17, 15) is 10.1 Å². The fourth-order valence-corrected chi connectivity index (χ4v) is 2.30. The molecule has 1 atom stereocenters. The standard InChI is InChI=1S/C17H23N3O3/c1-13(19(2)3)23-18-17-7-5-4-6-15(17)12-14-8-10-16(11-9-14)20(21)22/h8-13H,4-7H2,1-3H3/b15-12-,18-17-. The smallest absolute Gasteiger partial charge is 0.269 e. The minimum absolute atomic E-state index is 0.0787. The molecule has 2 rings (SSSR count). The average Bonchev–Trinajstić information content (AvgIpc) is 2.54. The van der Waals surface area contributed by atoms with Gasteiger partial charge in [-0.15, -0.1) is 0 Å². The van der Waals surface area contributed by atoms with Gasteiger partial charge in [-0.25, -0.2) is 0 Å². The third-order valence-electron chi connectivity index (χ3n) is 3.97. The summed E-state index contributed by atoms with van der Waals surface area (Å²) in [5, 5.41) is 15.0. The molecule has 1 fully saturated rings. The Bertz CT molecular complexity index is 606. The van der Waals surface area contributed by atoms with Crippen LogP contribution in [0.2, 0.25) is 0 Å². The molecule has 0 amide bonds. The van der Waals surface area contributed by atoms with E-state index in [1.165, 1.54) is 12.1 Å². The second kappa shape index (κ2) is 7.87. The molecule has 1 aromatic rings. The van der Waals surface area contributed by atoms with E-state index in [0.29, 0.717) is 0 Å². The Morgan fingerprint density at radius 3 is 2.52 bits per heavy atom. The van der Waals surface area contributed by atoms with Crippen LogP contribution in [0.25, 0.3) is 6.08 Å². The fraction of sp³-hybridized carbons (Fsp3) is 0.471. The number of non-ortho nitro benzene ring substituents is 1. The Morgan fingerprint density at radius 1 is 1.26 bits per heavy atom. The van der Waals surface area contributed by atoms with Crippen LogP contribution in [0.3, 0.4) is 0 Å². The number of benzene rings is 1. The number of nitro benzene ring substituents is 1. The van der Waals surface area contributed by atoms with E-state index in [1.54, 1.807) is 12.1 Å². The largest absolute Gasteiger partial charge is 0.377 e. The highest BCUT2D eigenvalue weighted by Crippen LogP contribution is 2.24. The van der Waals surface area contributed by atoms with Crippen molar-refractivity contribution >= 4 is 17.5 Å². The first-order valence-corrected chi connectivity index (χ1v) is 7.82. The van der Waals surface area contributed by atoms with Crippen molar-refractivity contribution in [3.8, 4) is 0 Å². The van der Waals surface area contributed by atoms with Crippen molar-refractivity contribution in [2.24, 2.45) is 5.16 Å². The predicted octanol–water partition coefficient (Wildman–Crippen LogP) is 3.83. The van der Waals surface area contributed by atoms with Gasteiger partial charge in [0.2, 0.25) is 0 Å². The lowest BCUT2D eigenvalue weighted by Crippen LogP contribution is -2.26. The van der Waals surface area contributed by atoms with Crippen molar-refractivity contribution in [2.75, 3.05) is 14.1 Å². The summed E-state index contributed by atoms with van der Waals surface area (Å²) in [5.41, 5.74) is 3.17. The highest BCUT2D eigenvalue weighted by molar-refractivity contribution is 6.04. The van der Waals surface area contributed by atoms with E-state index in [4.69, 9.17) is 4.84 Å². The number of allylic oxidation sites excluding steroid dienone is 1. The number of nitro groups is 1. The monoisotopic (exact) mass is 317 g/mol. The average molecular weight is 317 g/mol. The Hall–Kier alpha value is -2.21. The van der Waals surface area contributed by atoms with Gasteiger partial charge in [-0.2, -0.15) is 0 Å². The van der Waals surface area contributed by atoms with Crippen LogP contribution < -0.4 is 0 Å². The lowest BCUT2D eigenvalue weighted by molar-refractivity contribution is -0.384. The molecule has 6 nitrogen and oxygen atoms in total. The molecule has 1 aliphatic carbocycles. The third-order valence-corrected chi connectivity index (χ3v) is 3.97. The molecule has 1 aliphatic rings. The molecule has 124 valence electrons. The van der Waals surface area contributed by atoms with Crippen molar-refractivity contribution in [2.45, 2.75) is 38.8 Å². The first-order chi connectivity index (χ1) is 11.0. The lowest BCUT2D eigenvalue weighted by Gasteiger charge is -2.20. The van der Waals surface area contributed by atoms with Gasteiger partial charge in [-0.05, 0) is 76.0 Å². The van der Waals surface area contributed by atoms with E-state index in [2.05, 4.69) is 5.16 Å². The van der Waals surface area contributed by atoms with Crippen LogP contribution in [0.1, 0.15) is 38.2 Å². The van der Waals surface area contributed by atoms with Crippen LogP contribution in [0.4, 0.5) is 5.69 Å². The normalized spacial score (nSPS) is 20.0. The maximum absolute atomic E-state index is 10.7. The summed E-state index contributed by atoms with van der Waals surface area (Å²) < 4.78 is 0. The molecular weight excluding hydrogens is 294 g/mol. The molecule has 0 spiro atoms. The van der Waals surface area contributed by atoms with Crippen LogP contribution in [0.5, 0.6) is 0 Å². The van der Waals surface area contributed by atoms with Crippen LogP contribution in [0.15, 0.2) is 35.0 Å². The summed E-state index contributed by atoms with van der Waals surface area (Å²) in [4.78, 5) is 17.8. The fourth-order valence-electron chi connectivity index (χ4n) is 2.30. The van der Waals surface area contributed by atoms with E-state index < -0.39 is 0 Å². The summed E-state index contributed by atoms with van der Waals surface area (Å²) in [6.07, 6.45) is 6.06. The Balaban J connectivity index is 2.16. The van der Waals surface area contributed by atoms with Crippen LogP contribution >= 0.6 is 0 Å². The second-order valence-corrected chi connectivity index (χ2v) is 5.93. The molecule has 0 saturated heterocycles. The molecule has 0 aliphatic heterocycles. The van der Waals surface area contributed by atoms with Gasteiger partial charge in [0.05, 0.1) is 10.6 Å². The summed E-state index contributed by atoms with van der Waals surface area (Å²) in [6, 6.07) is 6.58. The predicted molar refractivity (Wildman–Crippen MR) is 91.2 cm³/mol. The lowest BCUT2D eigenvalue weighted by atomic mass is 9.91. The van der Waals surface area contributed by atoms with Crippen molar-refractivity contribution in [3.63, 3.8) is 0 Å². The SMILES string of the molecule is CC(O/N=C1/CCCC/C1=C/c1ccc([N+](=O)[O-])cc1)N(C)C. The van der Waals surface area contributed by atoms with Crippen molar-refractivity contribution in [1.29, 1.82) is 0 Å². The van der Waals surface area contributed by atoms with Gasteiger partial charge >= 0.3 is 0 Å². The summed E-state index contributed by atoms with van der Waals surface area (Å²) in [6.45, 7) is 1.95. The first-order valence-electron chi connectivity index (χ1n) is 7.82. The molecule has 0 aromatic heterocycles. The van der Waals surface area contributed by atoms with E-state index in [0.717, 1.165) is 42.5 Å². The molecule has 0 bridgehead atoms. The van der Waals surface area contributed by atoms with Gasteiger partial charge in [0.1, 0.15) is 0 Å². The van der Waals surface area contributed by atoms with E-state index in [-0.39, 0.29) is 16.8 Å². The first kappa shape index (κ1) is 17.1. The Morgan fingerprint density at radius 2 is 1.91 bits per heavy atom. The van der Waals surface area contributed by atoms with Gasteiger partial charge in [0.25, 0.3) is 5.69 Å². The number of oxime groups is 1. The zero-order valence-corrected chi connectivity index (χ0v) is 13.9. The molecular formula is C17H23N3O3. The minimum Gasteiger partial charge on any atom is -0.377 e. The molecule has 6 heteroatoms. The zero-order chi connectivity index (χ0) is 16.8. The Kier molecular flexibility index (Phi) is 5.87. The quantitative estimate of drug-likeness (QED) is 0.470. The van der Waals surface area contributed by atoms with Crippen LogP contribution in [-0.4, -0.2) is 35.9 Å². The van der Waals surface area contributed by atoms with Gasteiger partial charge in [0, 0.05) is 12.1 Å². The van der Waals surface area contributed by atoms with Crippen molar-refractivity contribution in [1.82, 2.24) is 4.90 Å². The zero-order valence-electron chi connectivity index (χ0n) is 13.9. The Labute approximate surface area is 136 Å². The molecule has 1 saturated carbocycles. The third kappa shape index (κ3) is 4.89. The maximum Gasteiger partial charge on any atom is 0.269 e. The highest BCUT2D eigenvalue weighted by atomic mass is 16.6. The van der Waals surface area contributed by atoms with E-state index >= 15 is 0 Å². The summed E-state index contributed by atoms with van der Waals surface area (Å²) >= 11 is 0. The second-order valence-electron chi connectivity index (χ2n) is 5.93. The maximum atomic E-state index is 10.7. The minimum atomic E-state index is -0.388. The van der Waals surface area contributed by atoms with Gasteiger partial charge < -0.3 is 4.84 Å². The highest BCUT2D eigenvalue weighted by Gasteiger charge is 2.15. The van der Waals surface area contributed by atoms with Crippen molar-refractivity contribution in [3.05, 3.63) is 45.5 Å². The van der Waals surface area contributed by atoms with Gasteiger partial charge in [-0.3, -0.25) is 15.0 Å². The number of hydrogen-bond acceptors (Lipinski definition) is 5. The molecule has 1 unspecified atom stereocenters. The van der Waals surface area contributed by atoms with Crippen LogP contribution in [-0.2, 0) is 4.84 Å². The summed E-state index contributed by atoms with van der Waals surface area (Å²) in [5.74, 6) is 0. The molecule has 0 heterocycles. The van der Waals surface area contributed by atoms with Crippen LogP contribution in [0, 0.1) is 10.1 Å². The molecule has 0 radical (unpaired) electrons. The van der Waals surface area contributed by atoms with Gasteiger partial charge in [-0.1, -0.05) is 5.16 Å². The number of hydrogen-bond donors (Lipinski definition) is 0. The topological polar surface area (TPSA) is 68.0 Å². The molecule has 1 aromatic carbocycles. The number of nitrogens with zero attached hydrogens (tertiary/aromatic N) is 3. The van der Waals surface area contributed by atoms with Gasteiger partial charge in [0.15, 0.2) is 6.23 Å². The van der Waals surface area contributed by atoms with E-state index in [1.807, 2.05) is 32.0 Å².